The average molecular weight is 353 g/mol. The summed E-state index contributed by atoms with van der Waals surface area (Å²) in [6, 6.07) is 0. The van der Waals surface area contributed by atoms with Gasteiger partial charge in [-0.2, -0.15) is 0 Å². The van der Waals surface area contributed by atoms with Gasteiger partial charge in [0.1, 0.15) is 8.07 Å². The molecule has 0 N–H and O–H groups in total. The Kier molecular flexibility index (Phi) is 11.4. The zero-order chi connectivity index (χ0) is 18.8. The van der Waals surface area contributed by atoms with Gasteiger partial charge in [-0.3, -0.25) is 4.79 Å². The van der Waals surface area contributed by atoms with Crippen LogP contribution in [0.2, 0.25) is 16.6 Å². The minimum atomic E-state index is -1.65. The Hall–Kier alpha value is -0.753. The van der Waals surface area contributed by atoms with Crippen LogP contribution in [-0.2, 0) is 9.53 Å². The largest absolute Gasteiger partial charge is 0.466 e. The van der Waals surface area contributed by atoms with Crippen LogP contribution in [0.5, 0.6) is 0 Å². The van der Waals surface area contributed by atoms with Gasteiger partial charge in [-0.1, -0.05) is 54.9 Å². The van der Waals surface area contributed by atoms with Gasteiger partial charge in [-0.15, -0.1) is 11.5 Å². The molecule has 3 heteroatoms. The van der Waals surface area contributed by atoms with Crippen molar-refractivity contribution in [3.8, 4) is 11.5 Å². The molecule has 1 atom stereocenters. The maximum Gasteiger partial charge on any atom is 0.305 e. The van der Waals surface area contributed by atoms with Crippen LogP contribution >= 0.6 is 0 Å². The van der Waals surface area contributed by atoms with E-state index in [0.29, 0.717) is 35.6 Å². The Morgan fingerprint density at radius 1 is 0.958 bits per heavy atom. The lowest BCUT2D eigenvalue weighted by Crippen LogP contribution is -2.43. The van der Waals surface area contributed by atoms with Crippen LogP contribution in [0.25, 0.3) is 0 Å². The molecule has 0 aromatic rings. The fourth-order valence-electron chi connectivity index (χ4n) is 4.02. The molecule has 0 bridgehead atoms. The number of rotatable bonds is 10. The van der Waals surface area contributed by atoms with Crippen LogP contribution in [0.3, 0.4) is 0 Å². The maximum atomic E-state index is 11.5. The average Bonchev–Trinajstić information content (AvgIpc) is 2.46. The molecule has 0 aliphatic heterocycles. The van der Waals surface area contributed by atoms with Crippen molar-refractivity contribution in [2.75, 3.05) is 6.61 Å². The van der Waals surface area contributed by atoms with Gasteiger partial charge < -0.3 is 4.74 Å². The first kappa shape index (κ1) is 23.2. The lowest BCUT2D eigenvalue weighted by molar-refractivity contribution is -0.143. The summed E-state index contributed by atoms with van der Waals surface area (Å²) in [5, 5.41) is 0. The van der Waals surface area contributed by atoms with Crippen molar-refractivity contribution in [1.82, 2.24) is 0 Å². The Labute approximate surface area is 152 Å². The van der Waals surface area contributed by atoms with E-state index in [9.17, 15) is 4.79 Å². The summed E-state index contributed by atoms with van der Waals surface area (Å²) in [6.45, 7) is 18.7. The van der Waals surface area contributed by atoms with E-state index in [4.69, 9.17) is 4.74 Å². The number of esters is 1. The summed E-state index contributed by atoms with van der Waals surface area (Å²) >= 11 is 0. The molecule has 140 valence electrons. The minimum Gasteiger partial charge on any atom is -0.466 e. The fraction of sp³-hybridized carbons (Fsp3) is 0.857. The molecule has 0 rings (SSSR count). The molecular weight excluding hydrogens is 312 g/mol. The lowest BCUT2D eigenvalue weighted by atomic mass is 9.98. The molecule has 2 nitrogen and oxygen atoms in total. The zero-order valence-corrected chi connectivity index (χ0v) is 18.4. The van der Waals surface area contributed by atoms with Crippen molar-refractivity contribution in [1.29, 1.82) is 0 Å². The van der Waals surface area contributed by atoms with Crippen LogP contribution in [-0.4, -0.2) is 20.7 Å². The van der Waals surface area contributed by atoms with Crippen LogP contribution in [0, 0.1) is 17.4 Å². The van der Waals surface area contributed by atoms with Crippen molar-refractivity contribution in [3.05, 3.63) is 0 Å². The number of hydrogen-bond acceptors (Lipinski definition) is 2. The first-order chi connectivity index (χ1) is 11.2. The van der Waals surface area contributed by atoms with Gasteiger partial charge in [-0.05, 0) is 42.8 Å². The van der Waals surface area contributed by atoms with Gasteiger partial charge >= 0.3 is 5.97 Å². The summed E-state index contributed by atoms with van der Waals surface area (Å²) in [4.78, 5) is 11.5. The molecule has 24 heavy (non-hydrogen) atoms. The van der Waals surface area contributed by atoms with Crippen LogP contribution in [0.15, 0.2) is 0 Å². The third-order valence-electron chi connectivity index (χ3n) is 5.23. The van der Waals surface area contributed by atoms with Crippen molar-refractivity contribution < 1.29 is 9.53 Å². The van der Waals surface area contributed by atoms with E-state index in [1.54, 1.807) is 0 Å². The molecule has 0 aromatic heterocycles. The Balaban J connectivity index is 5.08. The normalized spacial score (nSPS) is 13.1. The number of hydrogen-bond donors (Lipinski definition) is 0. The van der Waals surface area contributed by atoms with Crippen molar-refractivity contribution in [2.45, 2.75) is 104 Å². The predicted molar refractivity (Wildman–Crippen MR) is 108 cm³/mol. The zero-order valence-electron chi connectivity index (χ0n) is 17.4. The molecule has 0 aromatic carbocycles. The lowest BCUT2D eigenvalue weighted by Gasteiger charge is -2.38. The van der Waals surface area contributed by atoms with Gasteiger partial charge in [0.2, 0.25) is 0 Å². The molecule has 0 aliphatic carbocycles. The summed E-state index contributed by atoms with van der Waals surface area (Å²) in [7, 11) is -1.65. The molecule has 1 unspecified atom stereocenters. The van der Waals surface area contributed by atoms with Gasteiger partial charge in [0.05, 0.1) is 6.61 Å². The van der Waals surface area contributed by atoms with E-state index >= 15 is 0 Å². The monoisotopic (exact) mass is 352 g/mol. The van der Waals surface area contributed by atoms with Crippen LogP contribution in [0.1, 0.15) is 87.5 Å². The van der Waals surface area contributed by atoms with E-state index in [1.807, 2.05) is 6.92 Å². The topological polar surface area (TPSA) is 26.3 Å². The SMILES string of the molecule is CCCC(C#C[Si](C(C)C)(C(C)C)C(C)C)CCCC(=O)OCC. The fourth-order valence-corrected chi connectivity index (χ4v) is 9.34. The first-order valence-corrected chi connectivity index (χ1v) is 12.1. The molecule has 0 aliphatic rings. The van der Waals surface area contributed by atoms with Gasteiger partial charge in [0.15, 0.2) is 0 Å². The van der Waals surface area contributed by atoms with E-state index in [2.05, 4.69) is 59.9 Å². The van der Waals surface area contributed by atoms with Crippen molar-refractivity contribution >= 4 is 14.0 Å². The van der Waals surface area contributed by atoms with Gasteiger partial charge in [-0.25, -0.2) is 0 Å². The highest BCUT2D eigenvalue weighted by Crippen LogP contribution is 2.40. The third-order valence-corrected chi connectivity index (χ3v) is 11.5. The van der Waals surface area contributed by atoms with Crippen LogP contribution in [0.4, 0.5) is 0 Å². The molecule has 0 saturated heterocycles. The Morgan fingerprint density at radius 3 is 1.92 bits per heavy atom. The molecule has 0 fully saturated rings. The molecule has 0 amide bonds. The summed E-state index contributed by atoms with van der Waals surface area (Å²) < 4.78 is 5.02. The van der Waals surface area contributed by atoms with E-state index in [1.165, 1.54) is 0 Å². The number of carbonyl (C=O) groups is 1. The molecular formula is C21H40O2Si. The highest BCUT2D eigenvalue weighted by Gasteiger charge is 2.41. The maximum absolute atomic E-state index is 11.5. The summed E-state index contributed by atoms with van der Waals surface area (Å²) in [6.07, 6.45) is 4.71. The van der Waals surface area contributed by atoms with Gasteiger partial charge in [0, 0.05) is 12.3 Å². The second kappa shape index (κ2) is 11.7. The van der Waals surface area contributed by atoms with Crippen LogP contribution < -0.4 is 0 Å². The van der Waals surface area contributed by atoms with Crippen molar-refractivity contribution in [3.63, 3.8) is 0 Å². The molecule has 0 radical (unpaired) electrons. The third kappa shape index (κ3) is 7.01. The van der Waals surface area contributed by atoms with E-state index in [-0.39, 0.29) is 5.97 Å². The number of ether oxygens (including phenoxy) is 1. The van der Waals surface area contributed by atoms with Crippen molar-refractivity contribution in [2.24, 2.45) is 5.92 Å². The molecule has 0 saturated carbocycles. The standard InChI is InChI=1S/C21H40O2Si/c1-9-12-20(13-11-14-21(22)23-10-2)15-16-24(17(3)4,18(5)6)19(7)8/h17-20H,9-14H2,1-8H3. The Bertz CT molecular complexity index is 394. The van der Waals surface area contributed by atoms with E-state index < -0.39 is 8.07 Å². The Morgan fingerprint density at radius 2 is 1.50 bits per heavy atom. The number of carbonyl (C=O) groups excluding carboxylic acids is 1. The quantitative estimate of drug-likeness (QED) is 0.260. The molecule has 0 spiro atoms. The second-order valence-electron chi connectivity index (χ2n) is 7.85. The first-order valence-electron chi connectivity index (χ1n) is 9.90. The highest BCUT2D eigenvalue weighted by atomic mass is 28.3. The second-order valence-corrected chi connectivity index (χ2v) is 13.4. The smallest absolute Gasteiger partial charge is 0.305 e. The van der Waals surface area contributed by atoms with E-state index in [0.717, 1.165) is 25.7 Å². The highest BCUT2D eigenvalue weighted by molar-refractivity contribution is 6.90. The summed E-state index contributed by atoms with van der Waals surface area (Å²) in [5.74, 6) is 4.02. The predicted octanol–water partition coefficient (Wildman–Crippen LogP) is 6.36. The minimum absolute atomic E-state index is 0.0732. The van der Waals surface area contributed by atoms with Gasteiger partial charge in [0.25, 0.3) is 0 Å². The summed E-state index contributed by atoms with van der Waals surface area (Å²) in [5.41, 5.74) is 5.87. The molecule has 0 heterocycles.